The fraction of sp³-hybridized carbons (Fsp3) is 0.421. The SMILES string of the molecule is CNC(=O)CC1CN(Cc2cccnc2)Cc2ccnn21.O=C(O)C(F)(F)F.O=C(O)C(F)(F)F. The van der Waals surface area contributed by atoms with E-state index in [0.29, 0.717) is 6.42 Å². The van der Waals surface area contributed by atoms with Crippen molar-refractivity contribution >= 4 is 17.8 Å². The van der Waals surface area contributed by atoms with Gasteiger partial charge in [0.25, 0.3) is 0 Å². The monoisotopic (exact) mass is 513 g/mol. The summed E-state index contributed by atoms with van der Waals surface area (Å²) in [4.78, 5) is 36.0. The van der Waals surface area contributed by atoms with Gasteiger partial charge in [-0.25, -0.2) is 9.59 Å². The molecule has 3 rings (SSSR count). The standard InChI is InChI=1S/C15H19N5O.2C2HF3O2/c1-16-15(21)7-14-11-19(9-12-3-2-5-17-8-12)10-13-4-6-18-20(13)14;2*3-2(4,5)1(6)7/h2-6,8,14H,7,9-11H2,1H3,(H,16,21);2*(H,6,7). The van der Waals surface area contributed by atoms with Crippen LogP contribution in [-0.4, -0.2) is 73.7 Å². The second-order valence-corrected chi connectivity index (χ2v) is 6.93. The lowest BCUT2D eigenvalue weighted by atomic mass is 10.1. The largest absolute Gasteiger partial charge is 0.490 e. The Morgan fingerprint density at radius 1 is 1.06 bits per heavy atom. The number of aromatic nitrogens is 3. The van der Waals surface area contributed by atoms with E-state index in [1.807, 2.05) is 23.0 Å². The Balaban J connectivity index is 0.000000362. The van der Waals surface area contributed by atoms with Crippen molar-refractivity contribution in [2.24, 2.45) is 0 Å². The molecule has 1 atom stereocenters. The van der Waals surface area contributed by atoms with Gasteiger partial charge < -0.3 is 15.5 Å². The van der Waals surface area contributed by atoms with Crippen LogP contribution in [0.4, 0.5) is 26.3 Å². The summed E-state index contributed by atoms with van der Waals surface area (Å²) in [6.07, 6.45) is -4.24. The Morgan fingerprint density at radius 2 is 1.63 bits per heavy atom. The van der Waals surface area contributed by atoms with Crippen LogP contribution in [0.3, 0.4) is 0 Å². The number of nitrogens with zero attached hydrogens (tertiary/aromatic N) is 4. The lowest BCUT2D eigenvalue weighted by molar-refractivity contribution is -0.193. The molecule has 0 fully saturated rings. The normalized spacial score (nSPS) is 15.5. The molecule has 1 unspecified atom stereocenters. The molecule has 0 saturated carbocycles. The fourth-order valence-electron chi connectivity index (χ4n) is 2.80. The number of carboxylic acids is 2. The highest BCUT2D eigenvalue weighted by Gasteiger charge is 2.38. The Hall–Kier alpha value is -3.69. The first-order valence-corrected chi connectivity index (χ1v) is 9.59. The summed E-state index contributed by atoms with van der Waals surface area (Å²) >= 11 is 0. The first-order valence-electron chi connectivity index (χ1n) is 9.59. The molecule has 16 heteroatoms. The van der Waals surface area contributed by atoms with Crippen LogP contribution < -0.4 is 5.32 Å². The highest BCUT2D eigenvalue weighted by Crippen LogP contribution is 2.24. The summed E-state index contributed by atoms with van der Waals surface area (Å²) < 4.78 is 65.5. The zero-order valence-electron chi connectivity index (χ0n) is 18.0. The summed E-state index contributed by atoms with van der Waals surface area (Å²) in [6.45, 7) is 2.50. The zero-order valence-corrected chi connectivity index (χ0v) is 18.0. The minimum atomic E-state index is -5.08. The van der Waals surface area contributed by atoms with Crippen molar-refractivity contribution < 1.29 is 50.9 Å². The maximum Gasteiger partial charge on any atom is 0.490 e. The van der Waals surface area contributed by atoms with Crippen molar-refractivity contribution in [2.45, 2.75) is 37.9 Å². The van der Waals surface area contributed by atoms with Crippen LogP contribution in [0.25, 0.3) is 0 Å². The van der Waals surface area contributed by atoms with E-state index < -0.39 is 24.3 Å². The van der Waals surface area contributed by atoms with Crippen LogP contribution in [0.1, 0.15) is 23.7 Å². The average Bonchev–Trinajstić information content (AvgIpc) is 3.23. The van der Waals surface area contributed by atoms with E-state index in [0.717, 1.165) is 25.3 Å². The maximum absolute atomic E-state index is 11.7. The number of alkyl halides is 6. The predicted molar refractivity (Wildman–Crippen MR) is 106 cm³/mol. The minimum absolute atomic E-state index is 0.0460. The molecule has 2 aromatic rings. The number of nitrogens with one attached hydrogen (secondary N) is 1. The van der Waals surface area contributed by atoms with Crippen molar-refractivity contribution in [1.82, 2.24) is 25.0 Å². The van der Waals surface area contributed by atoms with Crippen LogP contribution in [0, 0.1) is 0 Å². The molecular weight excluding hydrogens is 492 g/mol. The average molecular weight is 513 g/mol. The molecule has 1 amide bonds. The molecule has 3 N–H and O–H groups in total. The van der Waals surface area contributed by atoms with Gasteiger partial charge in [0.1, 0.15) is 0 Å². The zero-order chi connectivity index (χ0) is 26.8. The lowest BCUT2D eigenvalue weighted by Crippen LogP contribution is -2.39. The first kappa shape index (κ1) is 29.3. The maximum atomic E-state index is 11.7. The number of aliphatic carboxylic acids is 2. The molecule has 194 valence electrons. The van der Waals surface area contributed by atoms with E-state index in [1.165, 1.54) is 5.56 Å². The number of rotatable bonds is 4. The van der Waals surface area contributed by atoms with E-state index >= 15 is 0 Å². The van der Waals surface area contributed by atoms with Crippen LogP contribution in [-0.2, 0) is 27.5 Å². The Bertz CT molecular complexity index is 956. The molecule has 0 aromatic carbocycles. The summed E-state index contributed by atoms with van der Waals surface area (Å²) in [6, 6.07) is 6.13. The molecule has 1 aliphatic rings. The van der Waals surface area contributed by atoms with Crippen molar-refractivity contribution in [3.8, 4) is 0 Å². The van der Waals surface area contributed by atoms with Gasteiger partial charge in [-0.1, -0.05) is 6.07 Å². The fourth-order valence-corrected chi connectivity index (χ4v) is 2.80. The quantitative estimate of drug-likeness (QED) is 0.530. The molecule has 0 spiro atoms. The van der Waals surface area contributed by atoms with E-state index in [4.69, 9.17) is 19.8 Å². The number of carbonyl (C=O) groups is 3. The number of amides is 1. The summed E-state index contributed by atoms with van der Waals surface area (Å²) in [5, 5.41) is 21.3. The molecule has 10 nitrogen and oxygen atoms in total. The molecule has 0 aliphatic carbocycles. The third-order valence-electron chi connectivity index (χ3n) is 4.27. The van der Waals surface area contributed by atoms with Crippen molar-refractivity contribution in [3.63, 3.8) is 0 Å². The molecule has 0 saturated heterocycles. The highest BCUT2D eigenvalue weighted by atomic mass is 19.4. The number of hydrogen-bond donors (Lipinski definition) is 3. The van der Waals surface area contributed by atoms with Crippen LogP contribution in [0.15, 0.2) is 36.8 Å². The van der Waals surface area contributed by atoms with Gasteiger partial charge in [0.15, 0.2) is 0 Å². The van der Waals surface area contributed by atoms with E-state index in [1.54, 1.807) is 19.4 Å². The number of pyridine rings is 1. The van der Waals surface area contributed by atoms with Gasteiger partial charge in [-0.3, -0.25) is 19.4 Å². The topological polar surface area (TPSA) is 138 Å². The molecule has 1 aliphatic heterocycles. The number of fused-ring (bicyclic) bond motifs is 1. The van der Waals surface area contributed by atoms with Gasteiger partial charge in [0.05, 0.1) is 18.2 Å². The van der Waals surface area contributed by atoms with Crippen molar-refractivity contribution in [3.05, 3.63) is 48.0 Å². The smallest absolute Gasteiger partial charge is 0.475 e. The number of halogens is 6. The Kier molecular flexibility index (Phi) is 10.6. The van der Waals surface area contributed by atoms with Gasteiger partial charge in [0, 0.05) is 45.3 Å². The third kappa shape index (κ3) is 10.4. The molecular formula is C19H21F6N5O5. The van der Waals surface area contributed by atoms with Gasteiger partial charge in [-0.2, -0.15) is 31.4 Å². The minimum Gasteiger partial charge on any atom is -0.475 e. The van der Waals surface area contributed by atoms with E-state index in [-0.39, 0.29) is 11.9 Å². The van der Waals surface area contributed by atoms with Crippen molar-refractivity contribution in [1.29, 1.82) is 0 Å². The lowest BCUT2D eigenvalue weighted by Gasteiger charge is -2.33. The highest BCUT2D eigenvalue weighted by molar-refractivity contribution is 5.76. The van der Waals surface area contributed by atoms with Crippen molar-refractivity contribution in [2.75, 3.05) is 13.6 Å². The Morgan fingerprint density at radius 3 is 2.09 bits per heavy atom. The second kappa shape index (κ2) is 12.7. The van der Waals surface area contributed by atoms with Gasteiger partial charge in [-0.05, 0) is 17.7 Å². The molecule has 2 aromatic heterocycles. The van der Waals surface area contributed by atoms with Gasteiger partial charge >= 0.3 is 24.3 Å². The van der Waals surface area contributed by atoms with Gasteiger partial charge in [0.2, 0.25) is 5.91 Å². The summed E-state index contributed by atoms with van der Waals surface area (Å²) in [5.74, 6) is -5.47. The first-order chi connectivity index (χ1) is 16.1. The predicted octanol–water partition coefficient (Wildman–Crippen LogP) is 2.24. The second-order valence-electron chi connectivity index (χ2n) is 6.93. The third-order valence-corrected chi connectivity index (χ3v) is 4.27. The number of carbonyl (C=O) groups excluding carboxylic acids is 1. The van der Waals surface area contributed by atoms with E-state index in [9.17, 15) is 31.1 Å². The van der Waals surface area contributed by atoms with Gasteiger partial charge in [-0.15, -0.1) is 0 Å². The van der Waals surface area contributed by atoms with Crippen LogP contribution in [0.5, 0.6) is 0 Å². The summed E-state index contributed by atoms with van der Waals surface area (Å²) in [7, 11) is 1.67. The molecule has 0 bridgehead atoms. The molecule has 3 heterocycles. The van der Waals surface area contributed by atoms with E-state index in [2.05, 4.69) is 26.4 Å². The molecule has 35 heavy (non-hydrogen) atoms. The molecule has 0 radical (unpaired) electrons. The number of carboxylic acid groups (broad SMARTS) is 2. The van der Waals surface area contributed by atoms with Crippen LogP contribution in [0.2, 0.25) is 0 Å². The summed E-state index contributed by atoms with van der Waals surface area (Å²) in [5.41, 5.74) is 2.34. The Labute approximate surface area is 194 Å². The number of hydrogen-bond acceptors (Lipinski definition) is 6. The van der Waals surface area contributed by atoms with Crippen LogP contribution >= 0.6 is 0 Å².